The zero-order valence-electron chi connectivity index (χ0n) is 30.4. The average molecular weight is 759 g/mol. The third kappa shape index (κ3) is 8.53. The van der Waals surface area contributed by atoms with Crippen LogP contribution in [0, 0.1) is 17.3 Å². The Morgan fingerprint density at radius 3 is 2.46 bits per heavy atom. The Balaban J connectivity index is 1.70. The molecule has 3 saturated heterocycles. The molecule has 0 radical (unpaired) electrons. The molecule has 3 aliphatic heterocycles. The fraction of sp³-hybridized carbons (Fsp3) is 0.641. The van der Waals surface area contributed by atoms with Gasteiger partial charge < -0.3 is 29.7 Å². The number of hydrogen-bond acceptors (Lipinski definition) is 7. The van der Waals surface area contributed by atoms with Gasteiger partial charge in [0, 0.05) is 36.5 Å². The molecular formula is C39H56BrN3O7. The predicted molar refractivity (Wildman–Crippen MR) is 196 cm³/mol. The van der Waals surface area contributed by atoms with E-state index in [-0.39, 0.29) is 54.1 Å². The number of rotatable bonds is 18. The van der Waals surface area contributed by atoms with Gasteiger partial charge in [0.05, 0.1) is 24.5 Å². The van der Waals surface area contributed by atoms with Crippen molar-refractivity contribution in [2.24, 2.45) is 17.3 Å². The second kappa shape index (κ2) is 16.5. The van der Waals surface area contributed by atoms with Crippen LogP contribution in [0.5, 0.6) is 0 Å². The Bertz CT molecular complexity index is 1400. The number of fused-ring (bicyclic) bond motifs is 1. The van der Waals surface area contributed by atoms with E-state index in [1.165, 1.54) is 0 Å². The summed E-state index contributed by atoms with van der Waals surface area (Å²) in [6.07, 6.45) is 5.62. The molecule has 1 spiro atoms. The topological polar surface area (TPSA) is 125 Å². The second-order valence-corrected chi connectivity index (χ2v) is 16.9. The first-order valence-electron chi connectivity index (χ1n) is 17.9. The van der Waals surface area contributed by atoms with Crippen LogP contribution >= 0.6 is 15.9 Å². The van der Waals surface area contributed by atoms with Gasteiger partial charge in [-0.3, -0.25) is 19.2 Å². The number of aliphatic hydroxyl groups is 1. The molecule has 50 heavy (non-hydrogen) atoms. The third-order valence-corrected chi connectivity index (χ3v) is 11.0. The number of nitrogens with one attached hydrogen (secondary N) is 1. The number of amides is 3. The molecule has 2 bridgehead atoms. The van der Waals surface area contributed by atoms with Crippen LogP contribution in [0.2, 0.25) is 0 Å². The Morgan fingerprint density at radius 2 is 1.84 bits per heavy atom. The summed E-state index contributed by atoms with van der Waals surface area (Å²) >= 11 is 3.76. The first-order valence-corrected chi connectivity index (χ1v) is 18.8. The second-order valence-electron chi connectivity index (χ2n) is 15.7. The minimum atomic E-state index is -1.24. The van der Waals surface area contributed by atoms with Crippen molar-refractivity contribution in [2.45, 2.75) is 114 Å². The van der Waals surface area contributed by atoms with Crippen molar-refractivity contribution in [3.05, 3.63) is 61.2 Å². The molecule has 0 saturated carbocycles. The summed E-state index contributed by atoms with van der Waals surface area (Å²) in [5.74, 6) is -3.19. The highest BCUT2D eigenvalue weighted by Gasteiger charge is 2.77. The number of likely N-dealkylation sites (tertiary alicyclic amines) is 1. The Hall–Kier alpha value is -3.02. The molecule has 3 heterocycles. The maximum atomic E-state index is 15.0. The number of halogens is 1. The van der Waals surface area contributed by atoms with Crippen molar-refractivity contribution >= 4 is 39.6 Å². The van der Waals surface area contributed by atoms with Gasteiger partial charge in [0.15, 0.2) is 0 Å². The van der Waals surface area contributed by atoms with E-state index in [4.69, 9.17) is 9.47 Å². The van der Waals surface area contributed by atoms with Crippen LogP contribution in [0.3, 0.4) is 0 Å². The molecule has 2 N–H and O–H groups in total. The van der Waals surface area contributed by atoms with Gasteiger partial charge in [0.2, 0.25) is 17.7 Å². The summed E-state index contributed by atoms with van der Waals surface area (Å²) in [7, 11) is 0. The molecule has 1 aromatic rings. The lowest BCUT2D eigenvalue weighted by Gasteiger charge is -2.45. The van der Waals surface area contributed by atoms with Gasteiger partial charge >= 0.3 is 5.97 Å². The van der Waals surface area contributed by atoms with Gasteiger partial charge in [-0.1, -0.05) is 79.2 Å². The zero-order chi connectivity index (χ0) is 36.9. The number of nitrogens with zero attached hydrogens (tertiary/aromatic N) is 2. The van der Waals surface area contributed by atoms with Crippen molar-refractivity contribution in [1.82, 2.24) is 15.1 Å². The van der Waals surface area contributed by atoms with Crippen LogP contribution in [0.25, 0.3) is 0 Å². The molecule has 3 fully saturated rings. The van der Waals surface area contributed by atoms with Crippen LogP contribution in [0.15, 0.2) is 55.6 Å². The third-order valence-electron chi connectivity index (χ3n) is 10.1. The lowest BCUT2D eigenvalue weighted by atomic mass is 9.70. The Kier molecular flexibility index (Phi) is 13.2. The SMILES string of the molecule is C=CCCC(=O)NC[C@H](OC(=O)[C@H]1[C@@H]2O[C@@]3(CC2Br)[C@@H]1C(=O)N(CCCCCO)[C@@H]3C(=O)N(CC=C)C(C)(C)CC(C)(C)C)c1ccccc1. The van der Waals surface area contributed by atoms with Gasteiger partial charge in [-0.25, -0.2) is 0 Å². The Morgan fingerprint density at radius 1 is 1.14 bits per heavy atom. The van der Waals surface area contributed by atoms with Crippen LogP contribution in [0.1, 0.15) is 91.2 Å². The summed E-state index contributed by atoms with van der Waals surface area (Å²) in [5, 5.41) is 12.3. The van der Waals surface area contributed by atoms with Gasteiger partial charge in [-0.2, -0.15) is 0 Å². The molecule has 7 atom stereocenters. The Labute approximate surface area is 306 Å². The first kappa shape index (κ1) is 39.8. The maximum absolute atomic E-state index is 15.0. The summed E-state index contributed by atoms with van der Waals surface area (Å²) in [5.41, 5.74) is -1.20. The molecular weight excluding hydrogens is 702 g/mol. The number of unbranched alkanes of at least 4 members (excludes halogenated alkanes) is 2. The highest BCUT2D eigenvalue weighted by atomic mass is 79.9. The lowest BCUT2D eigenvalue weighted by Crippen LogP contribution is -2.61. The number of ether oxygens (including phenoxy) is 2. The largest absolute Gasteiger partial charge is 0.455 e. The van der Waals surface area contributed by atoms with Gasteiger partial charge in [0.25, 0.3) is 0 Å². The van der Waals surface area contributed by atoms with E-state index in [0.717, 1.165) is 0 Å². The quantitative estimate of drug-likeness (QED) is 0.0878. The molecule has 1 unspecified atom stereocenters. The van der Waals surface area contributed by atoms with E-state index in [1.54, 1.807) is 17.1 Å². The molecule has 0 aliphatic carbocycles. The molecule has 1 aromatic carbocycles. The van der Waals surface area contributed by atoms with E-state index >= 15 is 0 Å². The molecule has 11 heteroatoms. The number of carbonyl (C=O) groups is 4. The van der Waals surface area contributed by atoms with Crippen molar-refractivity contribution in [3.63, 3.8) is 0 Å². The minimum Gasteiger partial charge on any atom is -0.455 e. The number of allylic oxidation sites excluding steroid dienone is 1. The van der Waals surface area contributed by atoms with Crippen molar-refractivity contribution in [1.29, 1.82) is 0 Å². The van der Waals surface area contributed by atoms with Crippen LogP contribution < -0.4 is 5.32 Å². The van der Waals surface area contributed by atoms with E-state index in [9.17, 15) is 24.3 Å². The number of alkyl halides is 1. The van der Waals surface area contributed by atoms with Gasteiger partial charge in [-0.05, 0) is 63.4 Å². The lowest BCUT2D eigenvalue weighted by molar-refractivity contribution is -0.160. The zero-order valence-corrected chi connectivity index (χ0v) is 32.0. The maximum Gasteiger partial charge on any atom is 0.313 e. The summed E-state index contributed by atoms with van der Waals surface area (Å²) in [6.45, 7) is 18.8. The first-order chi connectivity index (χ1) is 23.6. The van der Waals surface area contributed by atoms with Gasteiger partial charge in [-0.15, -0.1) is 13.2 Å². The minimum absolute atomic E-state index is 0.0399. The van der Waals surface area contributed by atoms with E-state index in [1.807, 2.05) is 49.1 Å². The molecule has 3 aliphatic rings. The smallest absolute Gasteiger partial charge is 0.313 e. The molecule has 276 valence electrons. The molecule has 3 amide bonds. The average Bonchev–Trinajstić information content (AvgIpc) is 3.64. The van der Waals surface area contributed by atoms with E-state index in [2.05, 4.69) is 55.2 Å². The van der Waals surface area contributed by atoms with E-state index < -0.39 is 47.2 Å². The number of esters is 1. The summed E-state index contributed by atoms with van der Waals surface area (Å²) in [4.78, 5) is 59.6. The fourth-order valence-electron chi connectivity index (χ4n) is 8.44. The normalized spacial score (nSPS) is 26.3. The summed E-state index contributed by atoms with van der Waals surface area (Å²) < 4.78 is 12.9. The van der Waals surface area contributed by atoms with Crippen LogP contribution in [0.4, 0.5) is 0 Å². The molecule has 0 aromatic heterocycles. The van der Waals surface area contributed by atoms with Crippen molar-refractivity contribution in [2.75, 3.05) is 26.2 Å². The number of benzene rings is 1. The molecule has 10 nitrogen and oxygen atoms in total. The highest BCUT2D eigenvalue weighted by molar-refractivity contribution is 9.09. The van der Waals surface area contributed by atoms with Gasteiger partial charge in [0.1, 0.15) is 17.7 Å². The fourth-order valence-corrected chi connectivity index (χ4v) is 9.38. The number of aliphatic hydroxyl groups excluding tert-OH is 1. The van der Waals surface area contributed by atoms with Crippen LogP contribution in [-0.2, 0) is 28.7 Å². The monoisotopic (exact) mass is 757 g/mol. The van der Waals surface area contributed by atoms with Crippen LogP contribution in [-0.4, -0.2) is 93.0 Å². The molecule has 4 rings (SSSR count). The number of carbonyl (C=O) groups excluding carboxylic acids is 4. The van der Waals surface area contributed by atoms with Crippen molar-refractivity contribution in [3.8, 4) is 0 Å². The standard InChI is InChI=1S/C39H56BrN3O7/c1-8-10-19-29(45)41-24-28(26-17-13-11-14-18-26)49-36(48)30-31-34(46)42(21-15-12-16-22-44)33(39(31)23-27(40)32(30)50-39)35(47)43(20-9-2)38(6,7)25-37(3,4)5/h8-9,11,13-14,17-18,27-28,30-33,44H,1-2,10,12,15-16,19-25H2,3-7H3,(H,41,45)/t27?,28-,30+,31-,32+,33+,39-/m0/s1. The van der Waals surface area contributed by atoms with Crippen molar-refractivity contribution < 1.29 is 33.8 Å². The van der Waals surface area contributed by atoms with E-state index in [0.29, 0.717) is 50.6 Å². The predicted octanol–water partition coefficient (Wildman–Crippen LogP) is 5.49. The highest BCUT2D eigenvalue weighted by Crippen LogP contribution is 2.60. The summed E-state index contributed by atoms with van der Waals surface area (Å²) in [6, 6.07) is 8.23. The number of hydrogen-bond donors (Lipinski definition) is 2.